The molecule has 0 amide bonds. The summed E-state index contributed by atoms with van der Waals surface area (Å²) in [6.45, 7) is 2.93. The van der Waals surface area contributed by atoms with Gasteiger partial charge in [-0.15, -0.1) is 0 Å². The van der Waals surface area contributed by atoms with E-state index in [2.05, 4.69) is 0 Å². The van der Waals surface area contributed by atoms with Gasteiger partial charge in [-0.2, -0.15) is 0 Å². The molecule has 0 saturated heterocycles. The first-order chi connectivity index (χ1) is 11.4. The molecule has 24 heavy (non-hydrogen) atoms. The van der Waals surface area contributed by atoms with Crippen LogP contribution in [0.3, 0.4) is 0 Å². The molecule has 0 aromatic heterocycles. The zero-order valence-electron chi connectivity index (χ0n) is 13.8. The van der Waals surface area contributed by atoms with E-state index in [4.69, 9.17) is 9.84 Å². The van der Waals surface area contributed by atoms with Crippen LogP contribution < -0.4 is 0 Å². The van der Waals surface area contributed by atoms with Crippen molar-refractivity contribution in [1.82, 2.24) is 0 Å². The van der Waals surface area contributed by atoms with Crippen molar-refractivity contribution in [2.45, 2.75) is 33.3 Å². The van der Waals surface area contributed by atoms with Gasteiger partial charge in [0, 0.05) is 12.0 Å². The van der Waals surface area contributed by atoms with Crippen molar-refractivity contribution in [3.63, 3.8) is 0 Å². The maximum atomic E-state index is 12.2. The summed E-state index contributed by atoms with van der Waals surface area (Å²) in [6.07, 6.45) is 2.88. The number of aliphatic hydroxyl groups is 1. The predicted octanol–water partition coefficient (Wildman–Crippen LogP) is 2.02. The minimum absolute atomic E-state index is 0.00549. The number of ether oxygens (including phenoxy) is 1. The van der Waals surface area contributed by atoms with E-state index in [-0.39, 0.29) is 37.6 Å². The third-order valence-corrected chi connectivity index (χ3v) is 3.49. The molecular weight excluding hydrogens is 312 g/mol. The van der Waals surface area contributed by atoms with Gasteiger partial charge in [0.2, 0.25) is 0 Å². The summed E-state index contributed by atoms with van der Waals surface area (Å²) in [5.41, 5.74) is 0.952. The molecule has 6 nitrogen and oxygen atoms in total. The molecule has 0 aliphatic heterocycles. The fourth-order valence-electron chi connectivity index (χ4n) is 2.17. The van der Waals surface area contributed by atoms with Crippen LogP contribution >= 0.6 is 0 Å². The van der Waals surface area contributed by atoms with Crippen LogP contribution in [0.4, 0.5) is 0 Å². The van der Waals surface area contributed by atoms with Crippen molar-refractivity contribution in [1.29, 1.82) is 0 Å². The lowest BCUT2D eigenvalue weighted by atomic mass is 9.93. The molecule has 0 saturated carbocycles. The number of rotatable bonds is 9. The standard InChI is InChI=1S/C18H22O6/c1-3-24-18(23)9-6-15(12(2)20)17(22)8-5-13-4-7-16(21)14(10-13)11-19/h4-5,7-8,10,15,19,21H,3,6,9,11H2,1-2H3. The maximum Gasteiger partial charge on any atom is 0.305 e. The lowest BCUT2D eigenvalue weighted by Crippen LogP contribution is -2.21. The Hall–Kier alpha value is -2.47. The molecule has 0 radical (unpaired) electrons. The van der Waals surface area contributed by atoms with Gasteiger partial charge in [0.15, 0.2) is 5.78 Å². The number of benzene rings is 1. The topological polar surface area (TPSA) is 101 Å². The van der Waals surface area contributed by atoms with Crippen LogP contribution in [0.25, 0.3) is 6.08 Å². The van der Waals surface area contributed by atoms with Gasteiger partial charge >= 0.3 is 5.97 Å². The Kier molecular flexibility index (Phi) is 7.85. The second-order valence-electron chi connectivity index (χ2n) is 5.29. The SMILES string of the molecule is CCOC(=O)CCC(C(C)=O)C(=O)C=Cc1ccc(O)c(CO)c1. The fourth-order valence-corrected chi connectivity index (χ4v) is 2.17. The van der Waals surface area contributed by atoms with Crippen LogP contribution in [-0.4, -0.2) is 34.4 Å². The van der Waals surface area contributed by atoms with Gasteiger partial charge in [-0.05, 0) is 44.0 Å². The van der Waals surface area contributed by atoms with Gasteiger partial charge in [-0.25, -0.2) is 0 Å². The van der Waals surface area contributed by atoms with E-state index < -0.39 is 17.7 Å². The van der Waals surface area contributed by atoms with Gasteiger partial charge in [0.05, 0.1) is 19.1 Å². The number of aliphatic hydroxyl groups excluding tert-OH is 1. The number of esters is 1. The molecule has 1 aromatic carbocycles. The molecule has 1 rings (SSSR count). The highest BCUT2D eigenvalue weighted by molar-refractivity contribution is 6.08. The Morgan fingerprint density at radius 3 is 2.58 bits per heavy atom. The third-order valence-electron chi connectivity index (χ3n) is 3.49. The largest absolute Gasteiger partial charge is 0.508 e. The highest BCUT2D eigenvalue weighted by Gasteiger charge is 2.22. The highest BCUT2D eigenvalue weighted by Crippen LogP contribution is 2.19. The van der Waals surface area contributed by atoms with E-state index in [1.54, 1.807) is 19.1 Å². The van der Waals surface area contributed by atoms with Crippen molar-refractivity contribution in [2.75, 3.05) is 6.61 Å². The number of phenols is 1. The Labute approximate surface area is 140 Å². The first-order valence-corrected chi connectivity index (χ1v) is 7.69. The Morgan fingerprint density at radius 2 is 2.00 bits per heavy atom. The van der Waals surface area contributed by atoms with Crippen molar-refractivity contribution in [3.8, 4) is 5.75 Å². The van der Waals surface area contributed by atoms with Gasteiger partial charge in [-0.1, -0.05) is 12.1 Å². The number of allylic oxidation sites excluding steroid dienone is 1. The number of ketones is 2. The quantitative estimate of drug-likeness (QED) is 0.407. The molecular formula is C18H22O6. The molecule has 1 aromatic rings. The first kappa shape index (κ1) is 19.6. The van der Waals surface area contributed by atoms with E-state index in [1.165, 1.54) is 25.1 Å². The van der Waals surface area contributed by atoms with E-state index in [0.717, 1.165) is 0 Å². The second kappa shape index (κ2) is 9.62. The number of aromatic hydroxyl groups is 1. The molecule has 2 N–H and O–H groups in total. The summed E-state index contributed by atoms with van der Waals surface area (Å²) in [5, 5.41) is 18.6. The first-order valence-electron chi connectivity index (χ1n) is 7.69. The minimum Gasteiger partial charge on any atom is -0.508 e. The summed E-state index contributed by atoms with van der Waals surface area (Å²) in [6, 6.07) is 4.54. The molecule has 0 fully saturated rings. The average Bonchev–Trinajstić information content (AvgIpc) is 2.54. The fraction of sp³-hybridized carbons (Fsp3) is 0.389. The van der Waals surface area contributed by atoms with E-state index in [9.17, 15) is 19.5 Å². The zero-order chi connectivity index (χ0) is 18.1. The summed E-state index contributed by atoms with van der Waals surface area (Å²) >= 11 is 0. The molecule has 0 spiro atoms. The molecule has 130 valence electrons. The average molecular weight is 334 g/mol. The lowest BCUT2D eigenvalue weighted by Gasteiger charge is -2.10. The van der Waals surface area contributed by atoms with Crippen LogP contribution in [0, 0.1) is 5.92 Å². The Morgan fingerprint density at radius 1 is 1.29 bits per heavy atom. The normalized spacial score (nSPS) is 12.1. The molecule has 6 heteroatoms. The predicted molar refractivity (Wildman–Crippen MR) is 88.1 cm³/mol. The van der Waals surface area contributed by atoms with Gasteiger partial charge in [0.25, 0.3) is 0 Å². The molecule has 0 bridgehead atoms. The molecule has 1 atom stereocenters. The third kappa shape index (κ3) is 5.96. The van der Waals surface area contributed by atoms with Gasteiger partial charge < -0.3 is 14.9 Å². The molecule has 1 unspecified atom stereocenters. The minimum atomic E-state index is -0.889. The number of carbonyl (C=O) groups is 3. The van der Waals surface area contributed by atoms with Crippen molar-refractivity contribution < 1.29 is 29.3 Å². The van der Waals surface area contributed by atoms with Crippen molar-refractivity contribution in [2.24, 2.45) is 5.92 Å². The van der Waals surface area contributed by atoms with Crippen LogP contribution in [-0.2, 0) is 25.7 Å². The number of Topliss-reactive ketones (excluding diaryl/α,β-unsaturated/α-hetero) is 1. The smallest absolute Gasteiger partial charge is 0.305 e. The van der Waals surface area contributed by atoms with E-state index in [0.29, 0.717) is 11.1 Å². The molecule has 0 heterocycles. The summed E-state index contributed by atoms with van der Waals surface area (Å²) in [5.74, 6) is -2.06. The van der Waals surface area contributed by atoms with Crippen LogP contribution in [0.2, 0.25) is 0 Å². The lowest BCUT2D eigenvalue weighted by molar-refractivity contribution is -0.143. The van der Waals surface area contributed by atoms with E-state index >= 15 is 0 Å². The Balaban J connectivity index is 2.77. The van der Waals surface area contributed by atoms with Crippen LogP contribution in [0.1, 0.15) is 37.8 Å². The summed E-state index contributed by atoms with van der Waals surface area (Å²) in [7, 11) is 0. The van der Waals surface area contributed by atoms with Crippen LogP contribution in [0.15, 0.2) is 24.3 Å². The summed E-state index contributed by atoms with van der Waals surface area (Å²) < 4.78 is 4.79. The molecule has 0 aliphatic carbocycles. The van der Waals surface area contributed by atoms with E-state index in [1.807, 2.05) is 0 Å². The second-order valence-corrected chi connectivity index (χ2v) is 5.29. The highest BCUT2D eigenvalue weighted by atomic mass is 16.5. The number of hydrogen-bond acceptors (Lipinski definition) is 6. The van der Waals surface area contributed by atoms with Gasteiger partial charge in [0.1, 0.15) is 11.5 Å². The van der Waals surface area contributed by atoms with Crippen molar-refractivity contribution in [3.05, 3.63) is 35.4 Å². The number of carbonyl (C=O) groups excluding carboxylic acids is 3. The summed E-state index contributed by atoms with van der Waals surface area (Å²) in [4.78, 5) is 35.2. The van der Waals surface area contributed by atoms with Crippen LogP contribution in [0.5, 0.6) is 5.75 Å². The number of hydrogen-bond donors (Lipinski definition) is 2. The Bertz CT molecular complexity index is 632. The van der Waals surface area contributed by atoms with Gasteiger partial charge in [-0.3, -0.25) is 14.4 Å². The van der Waals surface area contributed by atoms with Crippen molar-refractivity contribution >= 4 is 23.6 Å². The zero-order valence-corrected chi connectivity index (χ0v) is 13.8. The maximum absolute atomic E-state index is 12.2. The monoisotopic (exact) mass is 334 g/mol. The molecule has 0 aliphatic rings.